The second kappa shape index (κ2) is 4.85. The van der Waals surface area contributed by atoms with Crippen LogP contribution in [-0.4, -0.2) is 34.3 Å². The topological polar surface area (TPSA) is 49.8 Å². The zero-order chi connectivity index (χ0) is 13.3. The number of benzene rings is 1. The van der Waals surface area contributed by atoms with Gasteiger partial charge >= 0.3 is 6.09 Å². The number of aliphatic hydroxyl groups is 1. The number of ether oxygens (including phenoxy) is 1. The van der Waals surface area contributed by atoms with Crippen LogP contribution in [-0.2, 0) is 11.3 Å². The number of aliphatic hydroxyl groups excluding tert-OH is 1. The van der Waals surface area contributed by atoms with Gasteiger partial charge in [-0.2, -0.15) is 0 Å². The van der Waals surface area contributed by atoms with Crippen molar-refractivity contribution in [1.82, 2.24) is 4.90 Å². The van der Waals surface area contributed by atoms with E-state index >= 15 is 0 Å². The zero-order valence-corrected chi connectivity index (χ0v) is 10.9. The van der Waals surface area contributed by atoms with Crippen molar-refractivity contribution in [2.45, 2.75) is 43.9 Å². The minimum atomic E-state index is -0.248. The molecule has 0 bridgehead atoms. The van der Waals surface area contributed by atoms with Crippen molar-refractivity contribution >= 4 is 6.09 Å². The minimum absolute atomic E-state index is 0.118. The molecule has 1 spiro atoms. The Morgan fingerprint density at radius 3 is 2.79 bits per heavy atom. The maximum Gasteiger partial charge on any atom is 0.410 e. The molecule has 102 valence electrons. The van der Waals surface area contributed by atoms with E-state index in [1.807, 2.05) is 35.2 Å². The molecule has 0 atom stereocenters. The summed E-state index contributed by atoms with van der Waals surface area (Å²) in [6, 6.07) is 9.70. The predicted molar refractivity (Wildman–Crippen MR) is 70.5 cm³/mol. The Balaban J connectivity index is 1.58. The molecule has 1 aliphatic heterocycles. The van der Waals surface area contributed by atoms with Gasteiger partial charge < -0.3 is 14.7 Å². The zero-order valence-electron chi connectivity index (χ0n) is 10.9. The summed E-state index contributed by atoms with van der Waals surface area (Å²) in [6.45, 7) is 1.06. The van der Waals surface area contributed by atoms with Gasteiger partial charge in [-0.1, -0.05) is 30.3 Å². The number of hydrogen-bond donors (Lipinski definition) is 1. The normalized spacial score (nSPS) is 29.3. The summed E-state index contributed by atoms with van der Waals surface area (Å²) >= 11 is 0. The molecular weight excluding hydrogens is 242 g/mol. The lowest BCUT2D eigenvalue weighted by atomic mass is 9.72. The first-order valence-corrected chi connectivity index (χ1v) is 6.86. The highest BCUT2D eigenvalue weighted by atomic mass is 16.6. The molecule has 1 saturated carbocycles. The highest BCUT2D eigenvalue weighted by molar-refractivity contribution is 5.69. The molecule has 1 aliphatic carbocycles. The number of likely N-dealkylation sites (tertiary alicyclic amines) is 1. The Hall–Kier alpha value is -1.55. The molecule has 0 aromatic heterocycles. The van der Waals surface area contributed by atoms with Crippen molar-refractivity contribution in [1.29, 1.82) is 0 Å². The summed E-state index contributed by atoms with van der Waals surface area (Å²) in [7, 11) is 0. The molecule has 1 aromatic rings. The van der Waals surface area contributed by atoms with Gasteiger partial charge in [-0.3, -0.25) is 0 Å². The summed E-state index contributed by atoms with van der Waals surface area (Å²) in [5.41, 5.74) is 0.880. The maximum absolute atomic E-state index is 12.2. The molecule has 4 nitrogen and oxygen atoms in total. The van der Waals surface area contributed by atoms with Crippen LogP contribution in [0.2, 0.25) is 0 Å². The fraction of sp³-hybridized carbons (Fsp3) is 0.533. The van der Waals surface area contributed by atoms with Crippen LogP contribution in [0, 0.1) is 0 Å². The Bertz CT molecular complexity index is 454. The molecule has 1 N–H and O–H groups in total. The van der Waals surface area contributed by atoms with Crippen molar-refractivity contribution in [3.8, 4) is 0 Å². The lowest BCUT2D eigenvalue weighted by molar-refractivity contribution is -0.0490. The number of carbonyl (C=O) groups excluding carboxylic acids is 1. The smallest absolute Gasteiger partial charge is 0.410 e. The van der Waals surface area contributed by atoms with E-state index in [-0.39, 0.29) is 17.7 Å². The average Bonchev–Trinajstić information content (AvgIpc) is 2.81. The van der Waals surface area contributed by atoms with Crippen LogP contribution in [0.4, 0.5) is 4.79 Å². The van der Waals surface area contributed by atoms with E-state index in [2.05, 4.69) is 0 Å². The first-order chi connectivity index (χ1) is 9.20. The number of nitrogens with zero attached hydrogens (tertiary/aromatic N) is 1. The van der Waals surface area contributed by atoms with Crippen LogP contribution in [0.15, 0.2) is 30.3 Å². The minimum Gasteiger partial charge on any atom is -0.445 e. The lowest BCUT2D eigenvalue weighted by Crippen LogP contribution is -2.57. The maximum atomic E-state index is 12.2. The van der Waals surface area contributed by atoms with Gasteiger partial charge in [0.2, 0.25) is 0 Å². The number of hydrogen-bond acceptors (Lipinski definition) is 3. The van der Waals surface area contributed by atoms with Gasteiger partial charge in [0.15, 0.2) is 0 Å². The average molecular weight is 261 g/mol. The van der Waals surface area contributed by atoms with Crippen LogP contribution in [0.3, 0.4) is 0 Å². The van der Waals surface area contributed by atoms with Crippen molar-refractivity contribution in [3.63, 3.8) is 0 Å². The van der Waals surface area contributed by atoms with Gasteiger partial charge in [-0.25, -0.2) is 4.79 Å². The highest BCUT2D eigenvalue weighted by Gasteiger charge is 2.52. The molecule has 0 radical (unpaired) electrons. The van der Waals surface area contributed by atoms with E-state index in [1.165, 1.54) is 0 Å². The van der Waals surface area contributed by atoms with Crippen molar-refractivity contribution in [2.75, 3.05) is 6.54 Å². The molecule has 1 amide bonds. The summed E-state index contributed by atoms with van der Waals surface area (Å²) < 4.78 is 5.38. The van der Waals surface area contributed by atoms with Crippen LogP contribution in [0.1, 0.15) is 31.2 Å². The summed E-state index contributed by atoms with van der Waals surface area (Å²) in [6.07, 6.45) is 2.91. The fourth-order valence-corrected chi connectivity index (χ4v) is 3.26. The number of rotatable bonds is 2. The molecule has 4 heteroatoms. The third-order valence-electron chi connectivity index (χ3n) is 4.25. The first kappa shape index (κ1) is 12.5. The van der Waals surface area contributed by atoms with Gasteiger partial charge in [0, 0.05) is 6.54 Å². The van der Waals surface area contributed by atoms with Crippen LogP contribution >= 0.6 is 0 Å². The Morgan fingerprint density at radius 1 is 1.37 bits per heavy atom. The van der Waals surface area contributed by atoms with E-state index < -0.39 is 0 Å². The summed E-state index contributed by atoms with van der Waals surface area (Å²) in [5, 5.41) is 9.50. The molecule has 1 heterocycles. The van der Waals surface area contributed by atoms with Crippen molar-refractivity contribution < 1.29 is 14.6 Å². The highest BCUT2D eigenvalue weighted by Crippen LogP contribution is 2.45. The quantitative estimate of drug-likeness (QED) is 0.888. The van der Waals surface area contributed by atoms with Crippen molar-refractivity contribution in [3.05, 3.63) is 35.9 Å². The largest absolute Gasteiger partial charge is 0.445 e. The van der Waals surface area contributed by atoms with Gasteiger partial charge in [-0.15, -0.1) is 0 Å². The third kappa shape index (κ3) is 2.32. The van der Waals surface area contributed by atoms with Crippen molar-refractivity contribution in [2.24, 2.45) is 0 Å². The van der Waals surface area contributed by atoms with Crippen LogP contribution < -0.4 is 0 Å². The molecule has 1 aromatic carbocycles. The Kier molecular flexibility index (Phi) is 3.19. The van der Waals surface area contributed by atoms with E-state index in [9.17, 15) is 9.90 Å². The lowest BCUT2D eigenvalue weighted by Gasteiger charge is -2.48. The molecule has 0 unspecified atom stereocenters. The van der Waals surface area contributed by atoms with E-state index in [0.717, 1.165) is 24.9 Å². The van der Waals surface area contributed by atoms with E-state index in [0.29, 0.717) is 19.4 Å². The standard InChI is InChI=1S/C15H19NO3/c17-13-9-15(10-13)7-4-8-16(15)14(18)19-11-12-5-2-1-3-6-12/h1-3,5-6,13,17H,4,7-11H2. The Morgan fingerprint density at radius 2 is 2.11 bits per heavy atom. The number of amides is 1. The molecule has 1 saturated heterocycles. The van der Waals surface area contributed by atoms with Crippen LogP contribution in [0.5, 0.6) is 0 Å². The third-order valence-corrected chi connectivity index (χ3v) is 4.25. The predicted octanol–water partition coefficient (Wildman–Crippen LogP) is 2.31. The van der Waals surface area contributed by atoms with Crippen LogP contribution in [0.25, 0.3) is 0 Å². The second-order valence-corrected chi connectivity index (χ2v) is 5.58. The monoisotopic (exact) mass is 261 g/mol. The summed E-state index contributed by atoms with van der Waals surface area (Å²) in [4.78, 5) is 14.0. The van der Waals surface area contributed by atoms with E-state index in [4.69, 9.17) is 4.74 Å². The van der Waals surface area contributed by atoms with Gasteiger partial charge in [-0.05, 0) is 31.2 Å². The Labute approximate surface area is 113 Å². The number of carbonyl (C=O) groups is 1. The molecule has 2 fully saturated rings. The molecule has 3 rings (SSSR count). The van der Waals surface area contributed by atoms with Gasteiger partial charge in [0.1, 0.15) is 6.61 Å². The van der Waals surface area contributed by atoms with E-state index in [1.54, 1.807) is 0 Å². The SMILES string of the molecule is O=C(OCc1ccccc1)N1CCCC12CC(O)C2. The van der Waals surface area contributed by atoms with Gasteiger partial charge in [0.05, 0.1) is 11.6 Å². The first-order valence-electron chi connectivity index (χ1n) is 6.86. The molecule has 2 aliphatic rings. The summed E-state index contributed by atoms with van der Waals surface area (Å²) in [5.74, 6) is 0. The second-order valence-electron chi connectivity index (χ2n) is 5.58. The molecule has 19 heavy (non-hydrogen) atoms. The van der Waals surface area contributed by atoms with Gasteiger partial charge in [0.25, 0.3) is 0 Å². The fourth-order valence-electron chi connectivity index (χ4n) is 3.26. The molecular formula is C15H19NO3.